The van der Waals surface area contributed by atoms with E-state index >= 15 is 0 Å². The van der Waals surface area contributed by atoms with Crippen LogP contribution in [0.15, 0.2) is 4.52 Å². The Balaban J connectivity index is 2.21. The van der Waals surface area contributed by atoms with Crippen LogP contribution < -0.4 is 5.73 Å². The summed E-state index contributed by atoms with van der Waals surface area (Å²) in [4.78, 5) is 5.94. The van der Waals surface area contributed by atoms with Gasteiger partial charge in [0.2, 0.25) is 5.89 Å². The summed E-state index contributed by atoms with van der Waals surface area (Å²) in [7, 11) is 0. The van der Waals surface area contributed by atoms with E-state index in [1.807, 2.05) is 0 Å². The van der Waals surface area contributed by atoms with Gasteiger partial charge >= 0.3 is 0 Å². The molecule has 1 aromatic rings. The lowest BCUT2D eigenvalue weighted by Gasteiger charge is -2.21. The molecule has 1 aliphatic rings. The minimum Gasteiger partial charge on any atom is -0.370 e. The highest BCUT2D eigenvalue weighted by Gasteiger charge is 2.31. The molecule has 0 unspecified atom stereocenters. The molecule has 2 heterocycles. The molecule has 0 spiro atoms. The Hall–Kier alpha value is -1.59. The summed E-state index contributed by atoms with van der Waals surface area (Å²) in [6.45, 7) is 2.57. The van der Waals surface area contributed by atoms with Crippen LogP contribution in [0.5, 0.6) is 0 Å². The van der Waals surface area contributed by atoms with Crippen LogP contribution in [0.3, 0.4) is 0 Å². The second-order valence-corrected chi connectivity index (χ2v) is 3.42. The van der Waals surface area contributed by atoms with Gasteiger partial charge in [0.05, 0.1) is 0 Å². The summed E-state index contributed by atoms with van der Waals surface area (Å²) in [6, 6.07) is -0.00583. The van der Waals surface area contributed by atoms with Gasteiger partial charge in [-0.3, -0.25) is 5.41 Å². The first-order valence-electron chi connectivity index (χ1n) is 4.59. The molecule has 0 aromatic carbocycles. The van der Waals surface area contributed by atoms with Gasteiger partial charge in [0, 0.05) is 6.54 Å². The lowest BCUT2D eigenvalue weighted by molar-refractivity contribution is 0.282. The Bertz CT molecular complexity index is 347. The van der Waals surface area contributed by atoms with Gasteiger partial charge in [0.15, 0.2) is 11.8 Å². The van der Waals surface area contributed by atoms with E-state index in [-0.39, 0.29) is 12.0 Å². The van der Waals surface area contributed by atoms with Gasteiger partial charge in [-0.2, -0.15) is 4.98 Å². The second kappa shape index (κ2) is 3.28. The molecule has 1 fully saturated rings. The van der Waals surface area contributed by atoms with Crippen molar-refractivity contribution in [2.24, 2.45) is 5.73 Å². The number of nitrogens with zero attached hydrogens (tertiary/aromatic N) is 3. The first-order chi connectivity index (χ1) is 6.68. The van der Waals surface area contributed by atoms with Crippen LogP contribution in [-0.4, -0.2) is 27.5 Å². The third kappa shape index (κ3) is 1.43. The first kappa shape index (κ1) is 8.98. The number of guanidine groups is 1. The predicted octanol–water partition coefficient (Wildman–Crippen LogP) is 0.408. The Morgan fingerprint density at radius 2 is 2.50 bits per heavy atom. The molecule has 1 atom stereocenters. The van der Waals surface area contributed by atoms with E-state index in [2.05, 4.69) is 10.1 Å². The molecule has 76 valence electrons. The molecule has 0 aliphatic carbocycles. The molecule has 6 heteroatoms. The van der Waals surface area contributed by atoms with Crippen molar-refractivity contribution >= 4 is 5.96 Å². The van der Waals surface area contributed by atoms with Crippen LogP contribution in [0.4, 0.5) is 0 Å². The zero-order valence-electron chi connectivity index (χ0n) is 8.03. The molecule has 0 amide bonds. The maximum absolute atomic E-state index is 7.39. The second-order valence-electron chi connectivity index (χ2n) is 3.42. The molecule has 14 heavy (non-hydrogen) atoms. The van der Waals surface area contributed by atoms with Gasteiger partial charge in [0.25, 0.3) is 0 Å². The molecule has 6 nitrogen and oxygen atoms in total. The molecule has 2 rings (SSSR count). The third-order valence-electron chi connectivity index (χ3n) is 2.39. The van der Waals surface area contributed by atoms with Gasteiger partial charge in [-0.1, -0.05) is 5.16 Å². The molecule has 0 bridgehead atoms. The molecule has 1 saturated heterocycles. The summed E-state index contributed by atoms with van der Waals surface area (Å²) in [5, 5.41) is 11.1. The highest BCUT2D eigenvalue weighted by Crippen LogP contribution is 2.29. The summed E-state index contributed by atoms with van der Waals surface area (Å²) in [6.07, 6.45) is 1.92. The smallest absolute Gasteiger partial charge is 0.249 e. The molecule has 3 N–H and O–H groups in total. The SMILES string of the molecule is Cc1noc([C@@H]2CCCN2C(=N)N)n1. The van der Waals surface area contributed by atoms with Gasteiger partial charge in [-0.25, -0.2) is 0 Å². The summed E-state index contributed by atoms with van der Waals surface area (Å²) in [5.41, 5.74) is 5.45. The maximum atomic E-state index is 7.39. The third-order valence-corrected chi connectivity index (χ3v) is 2.39. The number of aryl methyl sites for hydroxylation is 1. The Labute approximate surface area is 81.6 Å². The van der Waals surface area contributed by atoms with Crippen molar-refractivity contribution in [3.63, 3.8) is 0 Å². The summed E-state index contributed by atoms with van der Waals surface area (Å²) < 4.78 is 5.07. The molecular formula is C8H13N5O. The van der Waals surface area contributed by atoms with Gasteiger partial charge in [-0.05, 0) is 19.8 Å². The van der Waals surface area contributed by atoms with Crippen LogP contribution in [0, 0.1) is 12.3 Å². The number of likely N-dealkylation sites (tertiary alicyclic amines) is 1. The lowest BCUT2D eigenvalue weighted by Crippen LogP contribution is -2.35. The van der Waals surface area contributed by atoms with Crippen molar-refractivity contribution in [3.05, 3.63) is 11.7 Å². The first-order valence-corrected chi connectivity index (χ1v) is 4.59. The highest BCUT2D eigenvalue weighted by atomic mass is 16.5. The largest absolute Gasteiger partial charge is 0.370 e. The summed E-state index contributed by atoms with van der Waals surface area (Å²) in [5.74, 6) is 1.26. The molecule has 0 saturated carbocycles. The zero-order valence-corrected chi connectivity index (χ0v) is 8.03. The minimum absolute atomic E-state index is 0.00583. The van der Waals surface area contributed by atoms with Crippen molar-refractivity contribution in [3.8, 4) is 0 Å². The fourth-order valence-corrected chi connectivity index (χ4v) is 1.76. The summed E-state index contributed by atoms with van der Waals surface area (Å²) >= 11 is 0. The van der Waals surface area contributed by atoms with Crippen LogP contribution in [-0.2, 0) is 0 Å². The number of hydrogen-bond donors (Lipinski definition) is 2. The number of hydrogen-bond acceptors (Lipinski definition) is 4. The molecule has 1 aromatic heterocycles. The van der Waals surface area contributed by atoms with E-state index in [9.17, 15) is 0 Å². The number of nitrogens with one attached hydrogen (secondary N) is 1. The van der Waals surface area contributed by atoms with Crippen molar-refractivity contribution in [2.75, 3.05) is 6.54 Å². The zero-order chi connectivity index (χ0) is 10.1. The molecule has 1 aliphatic heterocycles. The van der Waals surface area contributed by atoms with Gasteiger partial charge in [-0.15, -0.1) is 0 Å². The van der Waals surface area contributed by atoms with Crippen LogP contribution in [0.1, 0.15) is 30.6 Å². The van der Waals surface area contributed by atoms with Crippen molar-refractivity contribution in [1.29, 1.82) is 5.41 Å². The highest BCUT2D eigenvalue weighted by molar-refractivity contribution is 5.75. The Kier molecular flexibility index (Phi) is 2.11. The average Bonchev–Trinajstić information content (AvgIpc) is 2.70. The van der Waals surface area contributed by atoms with Gasteiger partial charge < -0.3 is 15.2 Å². The lowest BCUT2D eigenvalue weighted by atomic mass is 10.2. The van der Waals surface area contributed by atoms with Crippen LogP contribution in [0.25, 0.3) is 0 Å². The fourth-order valence-electron chi connectivity index (χ4n) is 1.76. The number of nitrogens with two attached hydrogens (primary N) is 1. The van der Waals surface area contributed by atoms with E-state index in [1.54, 1.807) is 11.8 Å². The monoisotopic (exact) mass is 195 g/mol. The Morgan fingerprint density at radius 1 is 1.71 bits per heavy atom. The van der Waals surface area contributed by atoms with Crippen molar-refractivity contribution in [2.45, 2.75) is 25.8 Å². The number of rotatable bonds is 1. The predicted molar refractivity (Wildman–Crippen MR) is 49.6 cm³/mol. The average molecular weight is 195 g/mol. The molecule has 0 radical (unpaired) electrons. The maximum Gasteiger partial charge on any atom is 0.249 e. The van der Waals surface area contributed by atoms with E-state index in [0.717, 1.165) is 19.4 Å². The van der Waals surface area contributed by atoms with E-state index in [0.29, 0.717) is 11.7 Å². The minimum atomic E-state index is -0.00583. The number of aromatic nitrogens is 2. The topological polar surface area (TPSA) is 92.0 Å². The van der Waals surface area contributed by atoms with E-state index < -0.39 is 0 Å². The standard InChI is InChI=1S/C8H13N5O/c1-5-11-7(14-12-5)6-3-2-4-13(6)8(9)10/h6H,2-4H2,1H3,(H3,9,10)/t6-/m0/s1. The normalized spacial score (nSPS) is 21.5. The van der Waals surface area contributed by atoms with Crippen LogP contribution in [0.2, 0.25) is 0 Å². The van der Waals surface area contributed by atoms with E-state index in [1.165, 1.54) is 0 Å². The Morgan fingerprint density at radius 3 is 3.07 bits per heavy atom. The van der Waals surface area contributed by atoms with Gasteiger partial charge in [0.1, 0.15) is 6.04 Å². The quantitative estimate of drug-likeness (QED) is 0.500. The fraction of sp³-hybridized carbons (Fsp3) is 0.625. The van der Waals surface area contributed by atoms with Crippen molar-refractivity contribution < 1.29 is 4.52 Å². The molecular weight excluding hydrogens is 182 g/mol. The van der Waals surface area contributed by atoms with E-state index in [4.69, 9.17) is 15.7 Å². The van der Waals surface area contributed by atoms with Crippen LogP contribution >= 0.6 is 0 Å². The van der Waals surface area contributed by atoms with Crippen molar-refractivity contribution in [1.82, 2.24) is 15.0 Å².